The van der Waals surface area contributed by atoms with Crippen molar-refractivity contribution >= 4 is 5.97 Å². The maximum absolute atomic E-state index is 10.8. The zero-order valence-corrected chi connectivity index (χ0v) is 8.68. The summed E-state index contributed by atoms with van der Waals surface area (Å²) < 4.78 is 1.70. The summed E-state index contributed by atoms with van der Waals surface area (Å²) in [5.41, 5.74) is 1.23. The molecule has 1 heterocycles. The van der Waals surface area contributed by atoms with Gasteiger partial charge < -0.3 is 10.4 Å². The Morgan fingerprint density at radius 1 is 1.80 bits per heavy atom. The first-order valence-corrected chi connectivity index (χ1v) is 5.13. The number of nitrogens with zero attached hydrogens (tertiary/aromatic N) is 2. The Balaban J connectivity index is 1.99. The van der Waals surface area contributed by atoms with Crippen molar-refractivity contribution < 1.29 is 9.90 Å². The van der Waals surface area contributed by atoms with Gasteiger partial charge in [0, 0.05) is 6.20 Å². The van der Waals surface area contributed by atoms with Crippen molar-refractivity contribution in [3.05, 3.63) is 18.0 Å². The topological polar surface area (TPSA) is 67.2 Å². The second-order valence-corrected chi connectivity index (χ2v) is 3.95. The van der Waals surface area contributed by atoms with Crippen molar-refractivity contribution in [3.63, 3.8) is 0 Å². The first-order valence-electron chi connectivity index (χ1n) is 5.13. The van der Waals surface area contributed by atoms with Crippen LogP contribution in [0.1, 0.15) is 24.3 Å². The maximum Gasteiger partial charge on any atom is 0.322 e. The number of nitrogens with one attached hydrogen (secondary N) is 1. The van der Waals surface area contributed by atoms with Crippen molar-refractivity contribution in [2.75, 3.05) is 7.05 Å². The highest BCUT2D eigenvalue weighted by atomic mass is 16.4. The molecule has 0 bridgehead atoms. The van der Waals surface area contributed by atoms with Crippen LogP contribution in [-0.2, 0) is 11.3 Å². The van der Waals surface area contributed by atoms with E-state index < -0.39 is 12.0 Å². The monoisotopic (exact) mass is 209 g/mol. The van der Waals surface area contributed by atoms with Crippen LogP contribution < -0.4 is 5.32 Å². The van der Waals surface area contributed by atoms with E-state index in [1.54, 1.807) is 11.7 Å². The van der Waals surface area contributed by atoms with Gasteiger partial charge in [-0.2, -0.15) is 5.10 Å². The summed E-state index contributed by atoms with van der Waals surface area (Å²) in [5, 5.41) is 15.8. The van der Waals surface area contributed by atoms with E-state index in [4.69, 9.17) is 5.11 Å². The molecule has 0 spiro atoms. The van der Waals surface area contributed by atoms with E-state index >= 15 is 0 Å². The molecule has 1 aromatic heterocycles. The normalized spacial score (nSPS) is 17.7. The molecule has 0 saturated heterocycles. The standard InChI is InChI=1S/C10H15N3O2/c1-11-9(10(14)15)6-13-5-8(4-12-13)7-2-3-7/h4-5,7,9,11H,2-3,6H2,1H3,(H,14,15). The van der Waals surface area contributed by atoms with Crippen molar-refractivity contribution in [1.82, 2.24) is 15.1 Å². The van der Waals surface area contributed by atoms with Crippen molar-refractivity contribution in [2.24, 2.45) is 0 Å². The molecular formula is C10H15N3O2. The number of carbonyl (C=O) groups is 1. The molecular weight excluding hydrogens is 194 g/mol. The van der Waals surface area contributed by atoms with E-state index in [0.29, 0.717) is 12.5 Å². The average Bonchev–Trinajstić information content (AvgIpc) is 2.95. The number of hydrogen-bond acceptors (Lipinski definition) is 3. The minimum Gasteiger partial charge on any atom is -0.480 e. The van der Waals surface area contributed by atoms with E-state index in [9.17, 15) is 4.79 Å². The molecule has 1 fully saturated rings. The lowest BCUT2D eigenvalue weighted by Crippen LogP contribution is -2.37. The van der Waals surface area contributed by atoms with Crippen LogP contribution in [0.2, 0.25) is 0 Å². The van der Waals surface area contributed by atoms with E-state index in [1.165, 1.54) is 18.4 Å². The molecule has 0 aliphatic heterocycles. The summed E-state index contributed by atoms with van der Waals surface area (Å²) in [7, 11) is 1.64. The summed E-state index contributed by atoms with van der Waals surface area (Å²) in [5.74, 6) is -0.183. The Bertz CT molecular complexity index is 357. The molecule has 1 unspecified atom stereocenters. The number of rotatable bonds is 5. The van der Waals surface area contributed by atoms with Gasteiger partial charge in [0.05, 0.1) is 12.7 Å². The van der Waals surface area contributed by atoms with Gasteiger partial charge in [-0.05, 0) is 31.4 Å². The quantitative estimate of drug-likeness (QED) is 0.738. The first-order chi connectivity index (χ1) is 7.20. The predicted molar refractivity (Wildman–Crippen MR) is 54.7 cm³/mol. The van der Waals surface area contributed by atoms with Crippen LogP contribution in [0.15, 0.2) is 12.4 Å². The zero-order chi connectivity index (χ0) is 10.8. The lowest BCUT2D eigenvalue weighted by Gasteiger charge is -2.10. The van der Waals surface area contributed by atoms with Gasteiger partial charge in [-0.15, -0.1) is 0 Å². The van der Waals surface area contributed by atoms with E-state index in [2.05, 4.69) is 10.4 Å². The van der Waals surface area contributed by atoms with Crippen LogP contribution in [0, 0.1) is 0 Å². The summed E-state index contributed by atoms with van der Waals surface area (Å²) >= 11 is 0. The Morgan fingerprint density at radius 3 is 3.07 bits per heavy atom. The van der Waals surface area contributed by atoms with Gasteiger partial charge in [0.15, 0.2) is 0 Å². The third kappa shape index (κ3) is 2.36. The fourth-order valence-electron chi connectivity index (χ4n) is 1.59. The number of carboxylic acid groups (broad SMARTS) is 1. The molecule has 5 nitrogen and oxygen atoms in total. The Kier molecular flexibility index (Phi) is 2.73. The minimum absolute atomic E-state index is 0.374. The summed E-state index contributed by atoms with van der Waals surface area (Å²) in [4.78, 5) is 10.8. The van der Waals surface area contributed by atoms with Crippen LogP contribution in [0.4, 0.5) is 0 Å². The molecule has 0 aromatic carbocycles. The fraction of sp³-hybridized carbons (Fsp3) is 0.600. The Labute approximate surface area is 88.1 Å². The van der Waals surface area contributed by atoms with E-state index in [1.807, 2.05) is 12.4 Å². The molecule has 82 valence electrons. The summed E-state index contributed by atoms with van der Waals surface area (Å²) in [6, 6.07) is -0.572. The Hall–Kier alpha value is -1.36. The number of likely N-dealkylation sites (N-methyl/N-ethyl adjacent to an activating group) is 1. The molecule has 1 aliphatic carbocycles. The highest BCUT2D eigenvalue weighted by Gasteiger charge is 2.25. The molecule has 2 N–H and O–H groups in total. The number of hydrogen-bond donors (Lipinski definition) is 2. The van der Waals surface area contributed by atoms with E-state index in [0.717, 1.165) is 0 Å². The largest absolute Gasteiger partial charge is 0.480 e. The molecule has 1 aromatic rings. The molecule has 2 rings (SSSR count). The molecule has 0 radical (unpaired) electrons. The SMILES string of the molecule is CNC(Cn1cc(C2CC2)cn1)C(=O)O. The maximum atomic E-state index is 10.8. The third-order valence-corrected chi connectivity index (χ3v) is 2.72. The number of carboxylic acids is 1. The average molecular weight is 209 g/mol. The molecule has 1 aliphatic rings. The smallest absolute Gasteiger partial charge is 0.322 e. The first kappa shape index (κ1) is 10.2. The number of aromatic nitrogens is 2. The minimum atomic E-state index is -0.846. The van der Waals surface area contributed by atoms with E-state index in [-0.39, 0.29) is 0 Å². The Morgan fingerprint density at radius 2 is 2.53 bits per heavy atom. The molecule has 1 atom stereocenters. The van der Waals surface area contributed by atoms with Crippen molar-refractivity contribution in [1.29, 1.82) is 0 Å². The molecule has 15 heavy (non-hydrogen) atoms. The molecule has 0 amide bonds. The van der Waals surface area contributed by atoms with Crippen LogP contribution in [0.5, 0.6) is 0 Å². The predicted octanol–water partition coefficient (Wildman–Crippen LogP) is 0.433. The zero-order valence-electron chi connectivity index (χ0n) is 8.68. The highest BCUT2D eigenvalue weighted by Crippen LogP contribution is 2.39. The third-order valence-electron chi connectivity index (χ3n) is 2.72. The summed E-state index contributed by atoms with van der Waals surface area (Å²) in [6.07, 6.45) is 6.26. The van der Waals surface area contributed by atoms with Crippen LogP contribution in [0.3, 0.4) is 0 Å². The highest BCUT2D eigenvalue weighted by molar-refractivity contribution is 5.73. The fourth-order valence-corrected chi connectivity index (χ4v) is 1.59. The van der Waals surface area contributed by atoms with Gasteiger partial charge in [-0.1, -0.05) is 0 Å². The van der Waals surface area contributed by atoms with Gasteiger partial charge in [0.1, 0.15) is 6.04 Å². The van der Waals surface area contributed by atoms with Crippen LogP contribution >= 0.6 is 0 Å². The molecule has 1 saturated carbocycles. The second-order valence-electron chi connectivity index (χ2n) is 3.95. The van der Waals surface area contributed by atoms with Crippen LogP contribution in [0.25, 0.3) is 0 Å². The summed E-state index contributed by atoms with van der Waals surface area (Å²) in [6.45, 7) is 0.374. The lowest BCUT2D eigenvalue weighted by atomic mass is 10.2. The second kappa shape index (κ2) is 4.02. The van der Waals surface area contributed by atoms with Crippen LogP contribution in [-0.4, -0.2) is 33.9 Å². The van der Waals surface area contributed by atoms with Gasteiger partial charge in [-0.25, -0.2) is 0 Å². The van der Waals surface area contributed by atoms with Gasteiger partial charge in [0.2, 0.25) is 0 Å². The van der Waals surface area contributed by atoms with Gasteiger partial charge >= 0.3 is 5.97 Å². The van der Waals surface area contributed by atoms with Crippen molar-refractivity contribution in [2.45, 2.75) is 31.3 Å². The lowest BCUT2D eigenvalue weighted by molar-refractivity contribution is -0.139. The van der Waals surface area contributed by atoms with Gasteiger partial charge in [0.25, 0.3) is 0 Å². The van der Waals surface area contributed by atoms with Gasteiger partial charge in [-0.3, -0.25) is 9.48 Å². The number of aliphatic carboxylic acids is 1. The van der Waals surface area contributed by atoms with Crippen molar-refractivity contribution in [3.8, 4) is 0 Å². The molecule has 5 heteroatoms.